The third kappa shape index (κ3) is 10.4. The maximum atomic E-state index is 5.41. The fourth-order valence-corrected chi connectivity index (χ4v) is 2.57. The minimum atomic E-state index is 0. The fraction of sp³-hybridized carbons (Fsp3) is 0.941. The predicted molar refractivity (Wildman–Crippen MR) is 110 cm³/mol. The van der Waals surface area contributed by atoms with E-state index < -0.39 is 0 Å². The van der Waals surface area contributed by atoms with Crippen molar-refractivity contribution in [3.63, 3.8) is 0 Å². The maximum Gasteiger partial charge on any atom is 0.191 e. The smallest absolute Gasteiger partial charge is 0.191 e. The van der Waals surface area contributed by atoms with Gasteiger partial charge in [-0.1, -0.05) is 13.8 Å². The van der Waals surface area contributed by atoms with Crippen LogP contribution in [0.1, 0.15) is 47.5 Å². The lowest BCUT2D eigenvalue weighted by Gasteiger charge is -2.31. The average Bonchev–Trinajstić information content (AvgIpc) is 2.51. The molecule has 0 aliphatic carbocycles. The Morgan fingerprint density at radius 1 is 1.13 bits per heavy atom. The van der Waals surface area contributed by atoms with Gasteiger partial charge in [-0.25, -0.2) is 0 Å². The molecular formula is C17H37IN4O. The van der Waals surface area contributed by atoms with Crippen molar-refractivity contribution in [2.45, 2.75) is 59.5 Å². The molecule has 6 heteroatoms. The molecule has 1 fully saturated rings. The molecule has 2 N–H and O–H groups in total. The second kappa shape index (κ2) is 13.2. The average molecular weight is 440 g/mol. The normalized spacial score (nSPS) is 19.1. The van der Waals surface area contributed by atoms with E-state index in [1.165, 1.54) is 12.8 Å². The van der Waals surface area contributed by atoms with Crippen LogP contribution in [0.25, 0.3) is 0 Å². The van der Waals surface area contributed by atoms with Gasteiger partial charge in [0.25, 0.3) is 0 Å². The summed E-state index contributed by atoms with van der Waals surface area (Å²) < 4.78 is 5.41. The molecule has 0 aromatic rings. The number of guanidine groups is 1. The van der Waals surface area contributed by atoms with Crippen molar-refractivity contribution >= 4 is 29.9 Å². The highest BCUT2D eigenvalue weighted by molar-refractivity contribution is 14.0. The third-order valence-corrected chi connectivity index (χ3v) is 4.09. The van der Waals surface area contributed by atoms with Crippen molar-refractivity contribution in [2.24, 2.45) is 10.9 Å². The molecule has 0 bridgehead atoms. The van der Waals surface area contributed by atoms with E-state index in [4.69, 9.17) is 9.73 Å². The molecule has 5 nitrogen and oxygen atoms in total. The van der Waals surface area contributed by atoms with Gasteiger partial charge in [-0.05, 0) is 39.5 Å². The Morgan fingerprint density at radius 3 is 2.35 bits per heavy atom. The number of hydrogen-bond acceptors (Lipinski definition) is 3. The van der Waals surface area contributed by atoms with Crippen molar-refractivity contribution in [3.8, 4) is 0 Å². The van der Waals surface area contributed by atoms with E-state index in [-0.39, 0.29) is 24.0 Å². The van der Waals surface area contributed by atoms with Crippen LogP contribution < -0.4 is 10.6 Å². The van der Waals surface area contributed by atoms with E-state index in [1.54, 1.807) is 0 Å². The molecule has 2 atom stereocenters. The number of nitrogens with zero attached hydrogens (tertiary/aromatic N) is 2. The Balaban J connectivity index is 0.00000484. The Bertz CT molecular complexity index is 320. The number of nitrogens with one attached hydrogen (secondary N) is 2. The molecule has 1 heterocycles. The standard InChI is InChI=1S/C17H36N4O.HI/c1-6-18-17(20-15(4)8-7-14(2)3)19-13-16(5)21-9-11-22-12-10-21;/h14-16H,6-13H2,1-5H3,(H2,18,19,20);1H. The molecule has 1 saturated heterocycles. The quantitative estimate of drug-likeness (QED) is 0.346. The van der Waals surface area contributed by atoms with Crippen molar-refractivity contribution < 1.29 is 4.74 Å². The van der Waals surface area contributed by atoms with Crippen LogP contribution in [-0.4, -0.2) is 62.3 Å². The topological polar surface area (TPSA) is 48.9 Å². The minimum absolute atomic E-state index is 0. The highest BCUT2D eigenvalue weighted by Gasteiger charge is 2.16. The number of morpholine rings is 1. The van der Waals surface area contributed by atoms with Crippen LogP contribution in [0.4, 0.5) is 0 Å². The first-order valence-corrected chi connectivity index (χ1v) is 8.89. The summed E-state index contributed by atoms with van der Waals surface area (Å²) in [6.45, 7) is 16.6. The number of ether oxygens (including phenoxy) is 1. The molecule has 23 heavy (non-hydrogen) atoms. The van der Waals surface area contributed by atoms with E-state index in [0.717, 1.165) is 51.3 Å². The van der Waals surface area contributed by atoms with E-state index in [2.05, 4.69) is 50.2 Å². The molecule has 0 amide bonds. The number of aliphatic imine (C=N–C) groups is 1. The molecule has 2 unspecified atom stereocenters. The van der Waals surface area contributed by atoms with Gasteiger partial charge in [0, 0.05) is 31.7 Å². The van der Waals surface area contributed by atoms with E-state index in [0.29, 0.717) is 12.1 Å². The van der Waals surface area contributed by atoms with Gasteiger partial charge in [-0.15, -0.1) is 24.0 Å². The second-order valence-electron chi connectivity index (χ2n) is 6.73. The Labute approximate surface area is 160 Å². The number of hydrogen-bond donors (Lipinski definition) is 2. The summed E-state index contributed by atoms with van der Waals surface area (Å²) >= 11 is 0. The molecular weight excluding hydrogens is 403 g/mol. The van der Waals surface area contributed by atoms with Gasteiger partial charge < -0.3 is 15.4 Å². The highest BCUT2D eigenvalue weighted by atomic mass is 127. The number of rotatable bonds is 8. The van der Waals surface area contributed by atoms with Crippen LogP contribution in [0.3, 0.4) is 0 Å². The Kier molecular flexibility index (Phi) is 13.2. The van der Waals surface area contributed by atoms with E-state index >= 15 is 0 Å². The Morgan fingerprint density at radius 2 is 1.78 bits per heavy atom. The molecule has 0 spiro atoms. The first kappa shape index (κ1) is 22.9. The van der Waals surface area contributed by atoms with Crippen LogP contribution in [0.15, 0.2) is 4.99 Å². The molecule has 0 saturated carbocycles. The molecule has 0 aromatic carbocycles. The largest absolute Gasteiger partial charge is 0.379 e. The third-order valence-electron chi connectivity index (χ3n) is 4.09. The number of halogens is 1. The molecule has 138 valence electrons. The zero-order chi connectivity index (χ0) is 16.4. The van der Waals surface area contributed by atoms with Crippen LogP contribution in [-0.2, 0) is 4.74 Å². The Hall–Kier alpha value is -0.0800. The van der Waals surface area contributed by atoms with Crippen LogP contribution >= 0.6 is 24.0 Å². The molecule has 0 aromatic heterocycles. The lowest BCUT2D eigenvalue weighted by atomic mass is 10.0. The fourth-order valence-electron chi connectivity index (χ4n) is 2.57. The van der Waals surface area contributed by atoms with Crippen LogP contribution in [0, 0.1) is 5.92 Å². The highest BCUT2D eigenvalue weighted by Crippen LogP contribution is 2.07. The molecule has 0 radical (unpaired) electrons. The monoisotopic (exact) mass is 440 g/mol. The lowest BCUT2D eigenvalue weighted by molar-refractivity contribution is 0.0220. The SMILES string of the molecule is CCNC(=NCC(C)N1CCOCC1)NC(C)CCC(C)C.I. The van der Waals surface area contributed by atoms with E-state index in [1.807, 2.05) is 0 Å². The van der Waals surface area contributed by atoms with Gasteiger partial charge in [-0.2, -0.15) is 0 Å². The summed E-state index contributed by atoms with van der Waals surface area (Å²) in [7, 11) is 0. The van der Waals surface area contributed by atoms with Crippen molar-refractivity contribution in [1.29, 1.82) is 0 Å². The lowest BCUT2D eigenvalue weighted by Crippen LogP contribution is -2.45. The summed E-state index contributed by atoms with van der Waals surface area (Å²) in [6, 6.07) is 0.921. The van der Waals surface area contributed by atoms with Gasteiger partial charge in [0.15, 0.2) is 5.96 Å². The van der Waals surface area contributed by atoms with Gasteiger partial charge in [0.1, 0.15) is 0 Å². The molecule has 1 rings (SSSR count). The van der Waals surface area contributed by atoms with Crippen molar-refractivity contribution in [2.75, 3.05) is 39.4 Å². The zero-order valence-electron chi connectivity index (χ0n) is 15.6. The zero-order valence-corrected chi connectivity index (χ0v) is 17.9. The first-order chi connectivity index (χ1) is 10.5. The maximum absolute atomic E-state index is 5.41. The summed E-state index contributed by atoms with van der Waals surface area (Å²) in [5.74, 6) is 1.70. The van der Waals surface area contributed by atoms with Gasteiger partial charge in [-0.3, -0.25) is 9.89 Å². The summed E-state index contributed by atoms with van der Waals surface area (Å²) in [6.07, 6.45) is 2.43. The van der Waals surface area contributed by atoms with E-state index in [9.17, 15) is 0 Å². The van der Waals surface area contributed by atoms with Gasteiger partial charge in [0.05, 0.1) is 19.8 Å². The van der Waals surface area contributed by atoms with Crippen LogP contribution in [0.5, 0.6) is 0 Å². The summed E-state index contributed by atoms with van der Waals surface area (Å²) in [4.78, 5) is 7.22. The second-order valence-corrected chi connectivity index (χ2v) is 6.73. The summed E-state index contributed by atoms with van der Waals surface area (Å²) in [5, 5.41) is 6.88. The minimum Gasteiger partial charge on any atom is -0.379 e. The first-order valence-electron chi connectivity index (χ1n) is 8.89. The predicted octanol–water partition coefficient (Wildman–Crippen LogP) is 2.70. The molecule has 1 aliphatic heterocycles. The van der Waals surface area contributed by atoms with Crippen molar-refractivity contribution in [1.82, 2.24) is 15.5 Å². The molecule has 1 aliphatic rings. The summed E-state index contributed by atoms with van der Waals surface area (Å²) in [5.41, 5.74) is 0. The van der Waals surface area contributed by atoms with Gasteiger partial charge in [0.2, 0.25) is 0 Å². The van der Waals surface area contributed by atoms with Crippen molar-refractivity contribution in [3.05, 3.63) is 0 Å². The van der Waals surface area contributed by atoms with Crippen LogP contribution in [0.2, 0.25) is 0 Å². The van der Waals surface area contributed by atoms with Gasteiger partial charge >= 0.3 is 0 Å².